The maximum absolute atomic E-state index is 12.4. The molecule has 1 aromatic carbocycles. The second-order valence-electron chi connectivity index (χ2n) is 5.43. The number of carboxylic acids is 1. The van der Waals surface area contributed by atoms with Crippen molar-refractivity contribution in [3.63, 3.8) is 0 Å². The van der Waals surface area contributed by atoms with Crippen molar-refractivity contribution in [1.82, 2.24) is 5.32 Å². The minimum atomic E-state index is -1.02. The van der Waals surface area contributed by atoms with E-state index in [-0.39, 0.29) is 5.57 Å². The molecular weight excluding hydrogens is 338 g/mol. The lowest BCUT2D eigenvalue weighted by Crippen LogP contribution is -2.34. The lowest BCUT2D eigenvalue weighted by atomic mass is 10.1. The second-order valence-corrected chi connectivity index (χ2v) is 6.41. The average molecular weight is 361 g/mol. The summed E-state index contributed by atoms with van der Waals surface area (Å²) in [5, 5.41) is 23.8. The van der Waals surface area contributed by atoms with Gasteiger partial charge in [-0.2, -0.15) is 17.0 Å². The Bertz CT molecular complexity index is 695. The lowest BCUT2D eigenvalue weighted by molar-refractivity contribution is -0.139. The van der Waals surface area contributed by atoms with Gasteiger partial charge in [-0.25, -0.2) is 4.79 Å². The Morgan fingerprint density at radius 2 is 2.16 bits per heavy atom. The van der Waals surface area contributed by atoms with Crippen molar-refractivity contribution in [3.8, 4) is 6.07 Å². The van der Waals surface area contributed by atoms with Gasteiger partial charge in [0.25, 0.3) is 5.91 Å². The zero-order chi connectivity index (χ0) is 18.8. The summed E-state index contributed by atoms with van der Waals surface area (Å²) in [6.07, 6.45) is 4.21. The molecule has 1 unspecified atom stereocenters. The summed E-state index contributed by atoms with van der Waals surface area (Å²) in [7, 11) is 0. The summed E-state index contributed by atoms with van der Waals surface area (Å²) < 4.78 is 0. The maximum atomic E-state index is 12.4. The second kappa shape index (κ2) is 10.4. The molecule has 6 nitrogen and oxygen atoms in total. The fourth-order valence-electron chi connectivity index (χ4n) is 2.23. The number of rotatable bonds is 9. The molecule has 7 heteroatoms. The molecule has 0 bridgehead atoms. The first kappa shape index (κ1) is 20.6. The number of carbonyl (C=O) groups excluding carboxylic acids is 1. The van der Waals surface area contributed by atoms with E-state index in [1.807, 2.05) is 44.4 Å². The standard InChI is InChI=1S/C18H23N3O3S/c1-4-13-7-5-6-12(2)16(13)21-17(22)14(10-19)11-20-15(18(23)24)8-9-25-3/h5-7,11,15,20H,4,8-9H2,1-3H3,(H,21,22)(H,23,24)/b14-11-. The first-order valence-electron chi connectivity index (χ1n) is 7.92. The van der Waals surface area contributed by atoms with Crippen molar-refractivity contribution in [2.45, 2.75) is 32.7 Å². The van der Waals surface area contributed by atoms with Gasteiger partial charge in [0.15, 0.2) is 0 Å². The third-order valence-corrected chi connectivity index (χ3v) is 4.33. The number of anilines is 1. The topological polar surface area (TPSA) is 102 Å². The van der Waals surface area contributed by atoms with Gasteiger partial charge in [0.1, 0.15) is 17.7 Å². The van der Waals surface area contributed by atoms with Crippen LogP contribution < -0.4 is 10.6 Å². The van der Waals surface area contributed by atoms with Crippen LogP contribution in [0.4, 0.5) is 5.69 Å². The maximum Gasteiger partial charge on any atom is 0.326 e. The molecule has 0 aromatic heterocycles. The molecular formula is C18H23N3O3S. The van der Waals surface area contributed by atoms with Crippen LogP contribution in [-0.4, -0.2) is 35.0 Å². The van der Waals surface area contributed by atoms with Crippen LogP contribution in [-0.2, 0) is 16.0 Å². The summed E-state index contributed by atoms with van der Waals surface area (Å²) in [5.74, 6) is -0.919. The molecule has 0 saturated heterocycles. The summed E-state index contributed by atoms with van der Waals surface area (Å²) in [6, 6.07) is 6.69. The van der Waals surface area contributed by atoms with Gasteiger partial charge in [-0.3, -0.25) is 4.79 Å². The number of hydrogen-bond donors (Lipinski definition) is 3. The number of nitrogens with zero attached hydrogens (tertiary/aromatic N) is 1. The molecule has 1 atom stereocenters. The van der Waals surface area contributed by atoms with Gasteiger partial charge in [-0.15, -0.1) is 0 Å². The number of aliphatic carboxylic acids is 1. The van der Waals surface area contributed by atoms with Crippen molar-refractivity contribution >= 4 is 29.3 Å². The number of hydrogen-bond acceptors (Lipinski definition) is 5. The smallest absolute Gasteiger partial charge is 0.326 e. The van der Waals surface area contributed by atoms with Crippen LogP contribution in [0.3, 0.4) is 0 Å². The van der Waals surface area contributed by atoms with Gasteiger partial charge < -0.3 is 15.7 Å². The molecule has 1 rings (SSSR count). The Morgan fingerprint density at radius 1 is 1.44 bits per heavy atom. The molecule has 0 heterocycles. The van der Waals surface area contributed by atoms with Crippen molar-refractivity contribution in [3.05, 3.63) is 41.1 Å². The van der Waals surface area contributed by atoms with Crippen LogP contribution in [0.15, 0.2) is 30.0 Å². The van der Waals surface area contributed by atoms with E-state index < -0.39 is 17.9 Å². The van der Waals surface area contributed by atoms with Crippen LogP contribution in [0.2, 0.25) is 0 Å². The van der Waals surface area contributed by atoms with Crippen molar-refractivity contribution < 1.29 is 14.7 Å². The zero-order valence-corrected chi connectivity index (χ0v) is 15.4. The number of thioether (sulfide) groups is 1. The predicted octanol–water partition coefficient (Wildman–Crippen LogP) is 2.70. The molecule has 0 saturated carbocycles. The third kappa shape index (κ3) is 6.16. The number of aryl methyl sites for hydroxylation is 2. The monoisotopic (exact) mass is 361 g/mol. The summed E-state index contributed by atoms with van der Waals surface area (Å²) in [4.78, 5) is 23.6. The normalized spacial score (nSPS) is 12.2. The minimum absolute atomic E-state index is 0.166. The molecule has 0 radical (unpaired) electrons. The molecule has 1 amide bonds. The van der Waals surface area contributed by atoms with Crippen LogP contribution in [0.5, 0.6) is 0 Å². The van der Waals surface area contributed by atoms with Crippen LogP contribution in [0, 0.1) is 18.3 Å². The quantitative estimate of drug-likeness (QED) is 0.462. The Balaban J connectivity index is 2.91. The SMILES string of the molecule is CCc1cccc(C)c1NC(=O)/C(C#N)=C\NC(CCSC)C(=O)O. The van der Waals surface area contributed by atoms with E-state index in [2.05, 4.69) is 10.6 Å². The van der Waals surface area contributed by atoms with Crippen molar-refractivity contribution in [2.24, 2.45) is 0 Å². The van der Waals surface area contributed by atoms with E-state index in [0.29, 0.717) is 17.9 Å². The highest BCUT2D eigenvalue weighted by Crippen LogP contribution is 2.21. The van der Waals surface area contributed by atoms with Gasteiger partial charge in [0.05, 0.1) is 0 Å². The number of carbonyl (C=O) groups is 2. The number of benzene rings is 1. The van der Waals surface area contributed by atoms with Crippen LogP contribution in [0.25, 0.3) is 0 Å². The number of nitrogens with one attached hydrogen (secondary N) is 2. The fourth-order valence-corrected chi connectivity index (χ4v) is 2.70. The van der Waals surface area contributed by atoms with Gasteiger partial charge in [-0.05, 0) is 42.9 Å². The average Bonchev–Trinajstić information content (AvgIpc) is 2.59. The molecule has 0 aliphatic heterocycles. The minimum Gasteiger partial charge on any atom is -0.480 e. The van der Waals surface area contributed by atoms with Gasteiger partial charge in [0, 0.05) is 11.9 Å². The molecule has 134 valence electrons. The molecule has 0 spiro atoms. The first-order valence-corrected chi connectivity index (χ1v) is 9.31. The van der Waals surface area contributed by atoms with E-state index in [1.54, 1.807) is 0 Å². The molecule has 0 aliphatic carbocycles. The highest BCUT2D eigenvalue weighted by atomic mass is 32.2. The summed E-state index contributed by atoms with van der Waals surface area (Å²) in [5.41, 5.74) is 2.40. The van der Waals surface area contributed by atoms with E-state index in [4.69, 9.17) is 0 Å². The van der Waals surface area contributed by atoms with E-state index in [9.17, 15) is 20.0 Å². The number of para-hydroxylation sites is 1. The Hall–Kier alpha value is -2.46. The Morgan fingerprint density at radius 3 is 2.72 bits per heavy atom. The van der Waals surface area contributed by atoms with Crippen LogP contribution in [0.1, 0.15) is 24.5 Å². The van der Waals surface area contributed by atoms with E-state index in [1.165, 1.54) is 18.0 Å². The lowest BCUT2D eigenvalue weighted by Gasteiger charge is -2.14. The summed E-state index contributed by atoms with van der Waals surface area (Å²) >= 11 is 1.53. The molecule has 0 fully saturated rings. The number of carboxylic acid groups (broad SMARTS) is 1. The largest absolute Gasteiger partial charge is 0.480 e. The molecule has 1 aromatic rings. The molecule has 25 heavy (non-hydrogen) atoms. The van der Waals surface area contributed by atoms with Crippen molar-refractivity contribution in [2.75, 3.05) is 17.3 Å². The van der Waals surface area contributed by atoms with Gasteiger partial charge in [-0.1, -0.05) is 25.1 Å². The summed E-state index contributed by atoms with van der Waals surface area (Å²) in [6.45, 7) is 3.86. The van der Waals surface area contributed by atoms with Gasteiger partial charge >= 0.3 is 5.97 Å². The van der Waals surface area contributed by atoms with Gasteiger partial charge in [0.2, 0.25) is 0 Å². The zero-order valence-electron chi connectivity index (χ0n) is 14.6. The highest BCUT2D eigenvalue weighted by molar-refractivity contribution is 7.98. The highest BCUT2D eigenvalue weighted by Gasteiger charge is 2.17. The first-order chi connectivity index (χ1) is 11.9. The molecule has 0 aliphatic rings. The molecule has 3 N–H and O–H groups in total. The number of amides is 1. The van der Waals surface area contributed by atoms with E-state index >= 15 is 0 Å². The van der Waals surface area contributed by atoms with Crippen LogP contribution >= 0.6 is 11.8 Å². The number of nitriles is 1. The Kier molecular flexibility index (Phi) is 8.57. The third-order valence-electron chi connectivity index (χ3n) is 3.68. The van der Waals surface area contributed by atoms with E-state index in [0.717, 1.165) is 17.5 Å². The van der Waals surface area contributed by atoms with Crippen molar-refractivity contribution in [1.29, 1.82) is 5.26 Å². The predicted molar refractivity (Wildman–Crippen MR) is 100 cm³/mol. The fraction of sp³-hybridized carbons (Fsp3) is 0.389. The Labute approximate surface area is 152 Å².